The molecule has 17 heavy (non-hydrogen) atoms. The van der Waals surface area contributed by atoms with Crippen molar-refractivity contribution in [3.05, 3.63) is 35.9 Å². The molecule has 0 amide bonds. The Labute approximate surface area is 134 Å². The Morgan fingerprint density at radius 1 is 1.12 bits per heavy atom. The molecular formula is C11H14LiNaO4. The quantitative estimate of drug-likeness (QED) is 0.582. The van der Waals surface area contributed by atoms with Crippen molar-refractivity contribution >= 4 is 60.4 Å². The van der Waals surface area contributed by atoms with E-state index in [-0.39, 0.29) is 54.8 Å². The zero-order chi connectivity index (χ0) is 11.5. The summed E-state index contributed by atoms with van der Waals surface area (Å²) in [7, 11) is 0. The Balaban J connectivity index is 0. The number of hydrogen-bond acceptors (Lipinski definition) is 2. The molecule has 0 fully saturated rings. The number of aliphatic carboxylic acids is 2. The summed E-state index contributed by atoms with van der Waals surface area (Å²) in [5.74, 6) is -2.66. The second kappa shape index (κ2) is 7.96. The molecule has 0 aromatic heterocycles. The molecule has 0 bridgehead atoms. The summed E-state index contributed by atoms with van der Waals surface area (Å²) in [6.07, 6.45) is 0.0156. The molecule has 2 N–H and O–H groups in total. The van der Waals surface area contributed by atoms with Gasteiger partial charge in [0.1, 0.15) is 0 Å². The van der Waals surface area contributed by atoms with Crippen LogP contribution in [0.1, 0.15) is 18.9 Å². The van der Waals surface area contributed by atoms with Crippen LogP contribution in [0.4, 0.5) is 0 Å². The van der Waals surface area contributed by atoms with Gasteiger partial charge < -0.3 is 10.2 Å². The molecule has 0 heterocycles. The first-order valence-electron chi connectivity index (χ1n) is 4.58. The van der Waals surface area contributed by atoms with Gasteiger partial charge in [-0.3, -0.25) is 9.59 Å². The SMILES string of the molecule is CCC(C(=O)O)(C(=O)O)c1ccccc1.[LiH].[NaH]. The molecule has 4 nitrogen and oxygen atoms in total. The zero-order valence-electron chi connectivity index (χ0n) is 8.30. The van der Waals surface area contributed by atoms with Gasteiger partial charge in [-0.15, -0.1) is 0 Å². The summed E-state index contributed by atoms with van der Waals surface area (Å²) >= 11 is 0. The van der Waals surface area contributed by atoms with Crippen LogP contribution in [0.3, 0.4) is 0 Å². The van der Waals surface area contributed by atoms with E-state index in [4.69, 9.17) is 10.2 Å². The molecule has 0 aliphatic rings. The van der Waals surface area contributed by atoms with Crippen molar-refractivity contribution in [3.63, 3.8) is 0 Å². The molecule has 6 heteroatoms. The van der Waals surface area contributed by atoms with Crippen LogP contribution in [0, 0.1) is 0 Å². The van der Waals surface area contributed by atoms with Gasteiger partial charge in [-0.05, 0) is 12.0 Å². The Bertz CT molecular complexity index is 366. The maximum absolute atomic E-state index is 11.1. The fourth-order valence-corrected chi connectivity index (χ4v) is 1.57. The van der Waals surface area contributed by atoms with Gasteiger partial charge in [0.2, 0.25) is 0 Å². The molecule has 84 valence electrons. The molecule has 0 radical (unpaired) electrons. The van der Waals surface area contributed by atoms with Crippen molar-refractivity contribution in [2.45, 2.75) is 18.8 Å². The summed E-state index contributed by atoms with van der Waals surface area (Å²) in [5.41, 5.74) is -1.53. The van der Waals surface area contributed by atoms with E-state index in [0.717, 1.165) is 0 Å². The van der Waals surface area contributed by atoms with E-state index in [2.05, 4.69) is 0 Å². The van der Waals surface area contributed by atoms with E-state index >= 15 is 0 Å². The van der Waals surface area contributed by atoms with Gasteiger partial charge in [-0.25, -0.2) is 0 Å². The van der Waals surface area contributed by atoms with Gasteiger partial charge in [0.05, 0.1) is 0 Å². The minimum atomic E-state index is -1.83. The van der Waals surface area contributed by atoms with E-state index in [1.54, 1.807) is 25.1 Å². The fraction of sp³-hybridized carbons (Fsp3) is 0.273. The predicted octanol–water partition coefficient (Wildman–Crippen LogP) is 0.207. The van der Waals surface area contributed by atoms with E-state index in [1.165, 1.54) is 12.1 Å². The van der Waals surface area contributed by atoms with Gasteiger partial charge in [0.25, 0.3) is 0 Å². The molecular weight excluding hydrogens is 226 g/mol. The van der Waals surface area contributed by atoms with Crippen LogP contribution in [0.25, 0.3) is 0 Å². The first kappa shape index (κ1) is 19.1. The van der Waals surface area contributed by atoms with Crippen LogP contribution in [-0.4, -0.2) is 70.6 Å². The number of benzene rings is 1. The molecule has 0 aliphatic carbocycles. The third kappa shape index (κ3) is 3.61. The molecule has 0 aliphatic heterocycles. The first-order valence-corrected chi connectivity index (χ1v) is 4.58. The number of hydrogen-bond donors (Lipinski definition) is 2. The Morgan fingerprint density at radius 2 is 1.53 bits per heavy atom. The van der Waals surface area contributed by atoms with E-state index < -0.39 is 17.4 Å². The van der Waals surface area contributed by atoms with Gasteiger partial charge in [-0.1, -0.05) is 37.3 Å². The number of carboxylic acids is 2. The van der Waals surface area contributed by atoms with Crippen molar-refractivity contribution < 1.29 is 19.8 Å². The van der Waals surface area contributed by atoms with Crippen molar-refractivity contribution in [1.82, 2.24) is 0 Å². The summed E-state index contributed by atoms with van der Waals surface area (Å²) in [5, 5.41) is 18.1. The average Bonchev–Trinajstić information content (AvgIpc) is 2.20. The number of rotatable bonds is 4. The van der Waals surface area contributed by atoms with E-state index in [9.17, 15) is 9.59 Å². The van der Waals surface area contributed by atoms with E-state index in [0.29, 0.717) is 5.56 Å². The summed E-state index contributed by atoms with van der Waals surface area (Å²) in [6.45, 7) is 1.55. The monoisotopic (exact) mass is 240 g/mol. The van der Waals surface area contributed by atoms with Crippen LogP contribution in [-0.2, 0) is 15.0 Å². The first-order chi connectivity index (χ1) is 7.05. The molecule has 1 aromatic carbocycles. The van der Waals surface area contributed by atoms with Crippen molar-refractivity contribution in [3.8, 4) is 0 Å². The molecule has 0 atom stereocenters. The zero-order valence-corrected chi connectivity index (χ0v) is 8.30. The molecule has 0 saturated carbocycles. The van der Waals surface area contributed by atoms with Gasteiger partial charge in [0, 0.05) is 0 Å². The second-order valence-electron chi connectivity index (χ2n) is 3.24. The Hall–Kier alpha value is -0.243. The predicted molar refractivity (Wildman–Crippen MR) is 68.0 cm³/mol. The van der Waals surface area contributed by atoms with Crippen LogP contribution in [0.15, 0.2) is 30.3 Å². The topological polar surface area (TPSA) is 74.6 Å². The third-order valence-corrected chi connectivity index (χ3v) is 2.53. The van der Waals surface area contributed by atoms with Crippen molar-refractivity contribution in [1.29, 1.82) is 0 Å². The normalized spacial score (nSPS) is 9.71. The molecule has 1 rings (SSSR count). The minimum absolute atomic E-state index is 0. The van der Waals surface area contributed by atoms with Gasteiger partial charge in [0.15, 0.2) is 5.41 Å². The number of carbonyl (C=O) groups is 2. The van der Waals surface area contributed by atoms with Gasteiger partial charge in [-0.2, -0.15) is 0 Å². The maximum atomic E-state index is 11.1. The molecule has 0 saturated heterocycles. The van der Waals surface area contributed by atoms with Crippen molar-refractivity contribution in [2.75, 3.05) is 0 Å². The summed E-state index contributed by atoms with van der Waals surface area (Å²) < 4.78 is 0. The van der Waals surface area contributed by atoms with Crippen LogP contribution in [0.2, 0.25) is 0 Å². The summed E-state index contributed by atoms with van der Waals surface area (Å²) in [6, 6.07) is 8.02. The van der Waals surface area contributed by atoms with Crippen LogP contribution >= 0.6 is 0 Å². The molecule has 0 unspecified atom stereocenters. The standard InChI is InChI=1S/C11H12O4.Li.Na.2H/c1-2-11(9(12)13,10(14)15)8-6-4-3-5-7-8;;;;/h3-7H,2H2,1H3,(H,12,13)(H,14,15);;;;. The van der Waals surface area contributed by atoms with Crippen molar-refractivity contribution in [2.24, 2.45) is 0 Å². The van der Waals surface area contributed by atoms with Gasteiger partial charge >= 0.3 is 60.4 Å². The van der Waals surface area contributed by atoms with Crippen LogP contribution < -0.4 is 0 Å². The van der Waals surface area contributed by atoms with E-state index in [1.807, 2.05) is 0 Å². The Morgan fingerprint density at radius 3 is 1.82 bits per heavy atom. The average molecular weight is 240 g/mol. The van der Waals surface area contributed by atoms with Crippen LogP contribution in [0.5, 0.6) is 0 Å². The third-order valence-electron chi connectivity index (χ3n) is 2.53. The number of carboxylic acid groups (broad SMARTS) is 2. The second-order valence-corrected chi connectivity index (χ2v) is 3.24. The Kier molecular flexibility index (Phi) is 8.95. The molecule has 1 aromatic rings. The molecule has 0 spiro atoms. The fourth-order valence-electron chi connectivity index (χ4n) is 1.57. The summed E-state index contributed by atoms with van der Waals surface area (Å²) in [4.78, 5) is 22.2.